The summed E-state index contributed by atoms with van der Waals surface area (Å²) in [5.74, 6) is 0.0301. The largest absolute Gasteiger partial charge is 0.453 e. The second-order valence-electron chi connectivity index (χ2n) is 3.10. The quantitative estimate of drug-likeness (QED) is 0.768. The summed E-state index contributed by atoms with van der Waals surface area (Å²) in [6.07, 6.45) is -0.467. The number of Topliss-reactive ketones (excluding diaryl/α,β-unsaturated/α-hetero) is 1. The van der Waals surface area contributed by atoms with Crippen LogP contribution in [0.4, 0.5) is 4.79 Å². The molecular formula is C11H13NO3. The minimum Gasteiger partial charge on any atom is -0.453 e. The maximum absolute atomic E-state index is 11.0. The van der Waals surface area contributed by atoms with Crippen molar-refractivity contribution in [2.45, 2.75) is 13.5 Å². The molecule has 15 heavy (non-hydrogen) atoms. The number of amides is 1. The van der Waals surface area contributed by atoms with E-state index >= 15 is 0 Å². The van der Waals surface area contributed by atoms with Gasteiger partial charge in [0.2, 0.25) is 0 Å². The molecule has 0 aliphatic heterocycles. The van der Waals surface area contributed by atoms with Crippen LogP contribution in [0.25, 0.3) is 0 Å². The molecule has 0 aliphatic carbocycles. The van der Waals surface area contributed by atoms with Crippen LogP contribution in [0.5, 0.6) is 0 Å². The maximum atomic E-state index is 11.0. The van der Waals surface area contributed by atoms with Crippen molar-refractivity contribution in [2.75, 3.05) is 7.11 Å². The van der Waals surface area contributed by atoms with Gasteiger partial charge < -0.3 is 10.1 Å². The summed E-state index contributed by atoms with van der Waals surface area (Å²) in [5, 5.41) is 2.55. The lowest BCUT2D eigenvalue weighted by Crippen LogP contribution is -2.22. The highest BCUT2D eigenvalue weighted by molar-refractivity contribution is 5.94. The van der Waals surface area contributed by atoms with E-state index in [1.165, 1.54) is 14.0 Å². The summed E-state index contributed by atoms with van der Waals surface area (Å²) in [6.45, 7) is 1.91. The number of ketones is 1. The van der Waals surface area contributed by atoms with Crippen LogP contribution in [0.2, 0.25) is 0 Å². The molecule has 80 valence electrons. The number of alkyl carbamates (subject to hydrolysis) is 1. The Morgan fingerprint density at radius 1 is 1.27 bits per heavy atom. The van der Waals surface area contributed by atoms with Crippen molar-refractivity contribution in [1.29, 1.82) is 0 Å². The van der Waals surface area contributed by atoms with Gasteiger partial charge in [0.05, 0.1) is 7.11 Å². The highest BCUT2D eigenvalue weighted by atomic mass is 16.5. The van der Waals surface area contributed by atoms with E-state index in [0.29, 0.717) is 12.1 Å². The monoisotopic (exact) mass is 207 g/mol. The van der Waals surface area contributed by atoms with E-state index in [1.54, 1.807) is 24.3 Å². The molecule has 0 aromatic heterocycles. The summed E-state index contributed by atoms with van der Waals surface area (Å²) in [4.78, 5) is 21.8. The molecule has 4 heteroatoms. The fraction of sp³-hybridized carbons (Fsp3) is 0.273. The van der Waals surface area contributed by atoms with Gasteiger partial charge in [0, 0.05) is 12.1 Å². The highest BCUT2D eigenvalue weighted by Crippen LogP contribution is 2.04. The maximum Gasteiger partial charge on any atom is 0.407 e. The van der Waals surface area contributed by atoms with Crippen molar-refractivity contribution in [3.8, 4) is 0 Å². The third-order valence-electron chi connectivity index (χ3n) is 1.98. The predicted octanol–water partition coefficient (Wildman–Crippen LogP) is 1.75. The zero-order valence-electron chi connectivity index (χ0n) is 8.74. The molecule has 0 saturated carbocycles. The standard InChI is InChI=1S/C11H13NO3/c1-8(13)10-5-3-9(4-6-10)7-12-11(14)15-2/h3-6H,7H2,1-2H3,(H,12,14). The molecule has 1 aromatic carbocycles. The van der Waals surface area contributed by atoms with Gasteiger partial charge in [-0.3, -0.25) is 4.79 Å². The van der Waals surface area contributed by atoms with Crippen LogP contribution in [0.1, 0.15) is 22.8 Å². The van der Waals surface area contributed by atoms with E-state index in [1.807, 2.05) is 0 Å². The third kappa shape index (κ3) is 3.42. The fourth-order valence-corrected chi connectivity index (χ4v) is 1.10. The Hall–Kier alpha value is -1.84. The average Bonchev–Trinajstić information content (AvgIpc) is 2.26. The smallest absolute Gasteiger partial charge is 0.407 e. The number of benzene rings is 1. The van der Waals surface area contributed by atoms with Crippen LogP contribution >= 0.6 is 0 Å². The Labute approximate surface area is 88.2 Å². The first kappa shape index (κ1) is 11.2. The van der Waals surface area contributed by atoms with Crippen LogP contribution in [0.3, 0.4) is 0 Å². The first-order chi connectivity index (χ1) is 7.13. The van der Waals surface area contributed by atoms with Gasteiger partial charge in [-0.1, -0.05) is 24.3 Å². The van der Waals surface area contributed by atoms with Crippen molar-refractivity contribution >= 4 is 11.9 Å². The molecule has 0 aliphatic rings. The summed E-state index contributed by atoms with van der Waals surface area (Å²) >= 11 is 0. The average molecular weight is 207 g/mol. The molecule has 0 atom stereocenters. The summed E-state index contributed by atoms with van der Waals surface area (Å²) in [5.41, 5.74) is 1.59. The number of carbonyl (C=O) groups excluding carboxylic acids is 2. The topological polar surface area (TPSA) is 55.4 Å². The molecule has 0 radical (unpaired) electrons. The van der Waals surface area contributed by atoms with Crippen LogP contribution in [0, 0.1) is 0 Å². The highest BCUT2D eigenvalue weighted by Gasteiger charge is 2.00. The molecule has 1 amide bonds. The van der Waals surface area contributed by atoms with E-state index in [0.717, 1.165) is 5.56 Å². The first-order valence-corrected chi connectivity index (χ1v) is 4.55. The Bertz CT molecular complexity index is 357. The van der Waals surface area contributed by atoms with E-state index in [2.05, 4.69) is 10.1 Å². The van der Waals surface area contributed by atoms with Crippen molar-refractivity contribution < 1.29 is 14.3 Å². The summed E-state index contributed by atoms with van der Waals surface area (Å²) < 4.78 is 4.43. The molecule has 0 unspecified atom stereocenters. The van der Waals surface area contributed by atoms with Crippen LogP contribution in [-0.2, 0) is 11.3 Å². The fourth-order valence-electron chi connectivity index (χ4n) is 1.10. The molecule has 0 heterocycles. The lowest BCUT2D eigenvalue weighted by Gasteiger charge is -2.04. The number of carbonyl (C=O) groups is 2. The van der Waals surface area contributed by atoms with Crippen LogP contribution in [0.15, 0.2) is 24.3 Å². The lowest BCUT2D eigenvalue weighted by molar-refractivity contribution is 0.101. The minimum absolute atomic E-state index is 0.0301. The van der Waals surface area contributed by atoms with Gasteiger partial charge in [0.1, 0.15) is 0 Å². The van der Waals surface area contributed by atoms with Crippen molar-refractivity contribution in [3.05, 3.63) is 35.4 Å². The molecule has 1 aromatic rings. The summed E-state index contributed by atoms with van der Waals surface area (Å²) in [7, 11) is 1.31. The Kier molecular flexibility index (Phi) is 3.85. The van der Waals surface area contributed by atoms with Crippen molar-refractivity contribution in [3.63, 3.8) is 0 Å². The Morgan fingerprint density at radius 2 is 1.87 bits per heavy atom. The van der Waals surface area contributed by atoms with Gasteiger partial charge in [-0.15, -0.1) is 0 Å². The van der Waals surface area contributed by atoms with Crippen molar-refractivity contribution in [1.82, 2.24) is 5.32 Å². The molecule has 0 spiro atoms. The minimum atomic E-state index is -0.467. The van der Waals surface area contributed by atoms with E-state index in [4.69, 9.17) is 0 Å². The number of nitrogens with one attached hydrogen (secondary N) is 1. The Balaban J connectivity index is 2.57. The first-order valence-electron chi connectivity index (χ1n) is 4.55. The number of rotatable bonds is 3. The van der Waals surface area contributed by atoms with Crippen LogP contribution < -0.4 is 5.32 Å². The zero-order valence-corrected chi connectivity index (χ0v) is 8.74. The SMILES string of the molecule is COC(=O)NCc1ccc(C(C)=O)cc1. The normalized spacial score (nSPS) is 9.47. The van der Waals surface area contributed by atoms with Gasteiger partial charge in [-0.2, -0.15) is 0 Å². The molecular weight excluding hydrogens is 194 g/mol. The second kappa shape index (κ2) is 5.14. The van der Waals surface area contributed by atoms with E-state index in [9.17, 15) is 9.59 Å². The number of hydrogen-bond donors (Lipinski definition) is 1. The van der Waals surface area contributed by atoms with Crippen LogP contribution in [-0.4, -0.2) is 19.0 Å². The van der Waals surface area contributed by atoms with E-state index in [-0.39, 0.29) is 5.78 Å². The van der Waals surface area contributed by atoms with Gasteiger partial charge in [0.15, 0.2) is 5.78 Å². The molecule has 4 nitrogen and oxygen atoms in total. The third-order valence-corrected chi connectivity index (χ3v) is 1.98. The zero-order chi connectivity index (χ0) is 11.3. The van der Waals surface area contributed by atoms with Gasteiger partial charge in [-0.25, -0.2) is 4.79 Å². The van der Waals surface area contributed by atoms with Crippen molar-refractivity contribution in [2.24, 2.45) is 0 Å². The van der Waals surface area contributed by atoms with Gasteiger partial charge in [-0.05, 0) is 12.5 Å². The number of methoxy groups -OCH3 is 1. The van der Waals surface area contributed by atoms with E-state index < -0.39 is 6.09 Å². The molecule has 0 fully saturated rings. The van der Waals surface area contributed by atoms with Gasteiger partial charge in [0.25, 0.3) is 0 Å². The Morgan fingerprint density at radius 3 is 2.33 bits per heavy atom. The molecule has 0 bridgehead atoms. The van der Waals surface area contributed by atoms with Gasteiger partial charge >= 0.3 is 6.09 Å². The number of hydrogen-bond acceptors (Lipinski definition) is 3. The molecule has 1 rings (SSSR count). The predicted molar refractivity (Wildman–Crippen MR) is 55.7 cm³/mol. The molecule has 0 saturated heterocycles. The summed E-state index contributed by atoms with van der Waals surface area (Å²) in [6, 6.07) is 7.06. The second-order valence-corrected chi connectivity index (χ2v) is 3.10. The number of ether oxygens (including phenoxy) is 1. The molecule has 1 N–H and O–H groups in total. The lowest BCUT2D eigenvalue weighted by atomic mass is 10.1.